The number of carbonyl (C=O) groups is 1. The molecule has 5 heteroatoms. The monoisotopic (exact) mass is 482 g/mol. The van der Waals surface area contributed by atoms with Gasteiger partial charge in [-0.3, -0.25) is 0 Å². The molecule has 3 aromatic carbocycles. The summed E-state index contributed by atoms with van der Waals surface area (Å²) < 4.78 is 7.17. The molecule has 0 saturated carbocycles. The first-order valence-electron chi connectivity index (χ1n) is 9.74. The molecular formula is C25H20BrClO3. The number of carboxylic acid groups (broad SMARTS) is 1. The molecular weight excluding hydrogens is 464 g/mol. The predicted octanol–water partition coefficient (Wildman–Crippen LogP) is 7.47. The molecule has 0 aromatic heterocycles. The summed E-state index contributed by atoms with van der Waals surface area (Å²) in [6, 6.07) is 20.8. The molecule has 1 N–H and O–H groups in total. The predicted molar refractivity (Wildman–Crippen MR) is 124 cm³/mol. The van der Waals surface area contributed by atoms with Crippen molar-refractivity contribution in [3.05, 3.63) is 98.5 Å². The Kier molecular flexibility index (Phi) is 6.26. The minimum Gasteiger partial charge on any atom is -0.488 e. The minimum atomic E-state index is -0.911. The molecule has 0 atom stereocenters. The van der Waals surface area contributed by atoms with Gasteiger partial charge in [0.15, 0.2) is 0 Å². The lowest BCUT2D eigenvalue weighted by Gasteiger charge is -2.15. The third-order valence-electron chi connectivity index (χ3n) is 5.25. The number of aromatic carboxylic acids is 1. The Morgan fingerprint density at radius 1 is 1.00 bits per heavy atom. The maximum Gasteiger partial charge on any atom is 0.335 e. The number of hydrogen-bond acceptors (Lipinski definition) is 2. The number of allylic oxidation sites excluding steroid dienone is 2. The van der Waals surface area contributed by atoms with Gasteiger partial charge in [-0.25, -0.2) is 4.79 Å². The average molecular weight is 484 g/mol. The molecule has 0 bridgehead atoms. The van der Waals surface area contributed by atoms with E-state index in [1.54, 1.807) is 18.2 Å². The van der Waals surface area contributed by atoms with Gasteiger partial charge in [-0.05, 0) is 84.0 Å². The maximum atomic E-state index is 11.4. The quantitative estimate of drug-likeness (QED) is 0.395. The largest absolute Gasteiger partial charge is 0.488 e. The molecule has 4 rings (SSSR count). The van der Waals surface area contributed by atoms with Gasteiger partial charge in [-0.2, -0.15) is 0 Å². The van der Waals surface area contributed by atoms with Crippen LogP contribution in [0.4, 0.5) is 0 Å². The Balaban J connectivity index is 1.70. The summed E-state index contributed by atoms with van der Waals surface area (Å²) in [7, 11) is 0. The number of rotatable bonds is 6. The van der Waals surface area contributed by atoms with Crippen molar-refractivity contribution in [1.29, 1.82) is 0 Å². The third-order valence-corrected chi connectivity index (χ3v) is 6.00. The molecule has 30 heavy (non-hydrogen) atoms. The fourth-order valence-corrected chi connectivity index (χ4v) is 4.29. The lowest BCUT2D eigenvalue weighted by molar-refractivity contribution is 0.0697. The minimum absolute atomic E-state index is 0.305. The van der Waals surface area contributed by atoms with Gasteiger partial charge in [-0.1, -0.05) is 51.8 Å². The highest BCUT2D eigenvalue weighted by molar-refractivity contribution is 9.10. The van der Waals surface area contributed by atoms with Crippen molar-refractivity contribution >= 4 is 44.6 Å². The van der Waals surface area contributed by atoms with Crippen molar-refractivity contribution in [2.75, 3.05) is 0 Å². The van der Waals surface area contributed by atoms with Crippen LogP contribution in [0, 0.1) is 0 Å². The van der Waals surface area contributed by atoms with Crippen LogP contribution in [0.2, 0.25) is 5.02 Å². The van der Waals surface area contributed by atoms with Crippen molar-refractivity contribution in [2.24, 2.45) is 0 Å². The molecule has 3 nitrogen and oxygen atoms in total. The molecule has 1 aliphatic carbocycles. The molecule has 0 radical (unpaired) electrons. The summed E-state index contributed by atoms with van der Waals surface area (Å²) >= 11 is 9.56. The van der Waals surface area contributed by atoms with E-state index in [1.165, 1.54) is 11.1 Å². The zero-order chi connectivity index (χ0) is 21.1. The third kappa shape index (κ3) is 4.61. The highest BCUT2D eigenvalue weighted by Crippen LogP contribution is 2.43. The second kappa shape index (κ2) is 9.07. The molecule has 0 saturated heterocycles. The average Bonchev–Trinajstić information content (AvgIpc) is 3.24. The first kappa shape index (κ1) is 20.7. The molecule has 0 heterocycles. The zero-order valence-electron chi connectivity index (χ0n) is 16.2. The first-order chi connectivity index (χ1) is 14.5. The van der Waals surface area contributed by atoms with Crippen molar-refractivity contribution in [1.82, 2.24) is 0 Å². The Morgan fingerprint density at radius 3 is 2.53 bits per heavy atom. The van der Waals surface area contributed by atoms with Crippen LogP contribution in [0.25, 0.3) is 11.1 Å². The summed E-state index contributed by atoms with van der Waals surface area (Å²) in [5, 5.41) is 10.1. The Morgan fingerprint density at radius 2 is 1.77 bits per heavy atom. The smallest absolute Gasteiger partial charge is 0.335 e. The van der Waals surface area contributed by atoms with E-state index in [1.807, 2.05) is 42.5 Å². The van der Waals surface area contributed by atoms with Crippen LogP contribution in [0.1, 0.15) is 46.3 Å². The lowest BCUT2D eigenvalue weighted by atomic mass is 9.95. The van der Waals surface area contributed by atoms with Gasteiger partial charge in [0.2, 0.25) is 0 Å². The summed E-state index contributed by atoms with van der Waals surface area (Å²) in [6.45, 7) is 0.447. The second-order valence-corrected chi connectivity index (χ2v) is 8.60. The van der Waals surface area contributed by atoms with Crippen LogP contribution in [0.5, 0.6) is 5.75 Å². The second-order valence-electron chi connectivity index (χ2n) is 7.25. The molecule has 0 aliphatic heterocycles. The Hall–Kier alpha value is -2.56. The number of carboxylic acids is 1. The van der Waals surface area contributed by atoms with E-state index in [4.69, 9.17) is 16.3 Å². The van der Waals surface area contributed by atoms with Gasteiger partial charge in [0.1, 0.15) is 12.4 Å². The summed E-state index contributed by atoms with van der Waals surface area (Å²) in [5.74, 6) is -0.0941. The maximum absolute atomic E-state index is 11.4. The van der Waals surface area contributed by atoms with Crippen LogP contribution in [-0.2, 0) is 6.61 Å². The van der Waals surface area contributed by atoms with E-state index >= 15 is 0 Å². The van der Waals surface area contributed by atoms with Crippen LogP contribution in [-0.4, -0.2) is 11.1 Å². The van der Waals surface area contributed by atoms with E-state index in [9.17, 15) is 9.90 Å². The van der Waals surface area contributed by atoms with Gasteiger partial charge in [0, 0.05) is 15.1 Å². The molecule has 0 fully saturated rings. The van der Waals surface area contributed by atoms with Gasteiger partial charge < -0.3 is 9.84 Å². The van der Waals surface area contributed by atoms with E-state index < -0.39 is 5.97 Å². The van der Waals surface area contributed by atoms with E-state index in [0.717, 1.165) is 46.2 Å². The fourth-order valence-electron chi connectivity index (χ4n) is 3.81. The van der Waals surface area contributed by atoms with Gasteiger partial charge in [-0.15, -0.1) is 0 Å². The molecule has 0 spiro atoms. The highest BCUT2D eigenvalue weighted by atomic mass is 79.9. The van der Waals surface area contributed by atoms with Crippen molar-refractivity contribution in [3.8, 4) is 5.75 Å². The summed E-state index contributed by atoms with van der Waals surface area (Å²) in [6.07, 6.45) is 2.88. The van der Waals surface area contributed by atoms with Gasteiger partial charge in [0.05, 0.1) is 5.56 Å². The van der Waals surface area contributed by atoms with Crippen LogP contribution >= 0.6 is 27.5 Å². The number of benzene rings is 3. The van der Waals surface area contributed by atoms with Crippen LogP contribution in [0.15, 0.2) is 71.2 Å². The molecule has 0 unspecified atom stereocenters. The van der Waals surface area contributed by atoms with Crippen LogP contribution in [0.3, 0.4) is 0 Å². The normalized spacial score (nSPS) is 13.5. The van der Waals surface area contributed by atoms with Crippen molar-refractivity contribution < 1.29 is 14.6 Å². The molecule has 1 aliphatic rings. The SMILES string of the molecule is O=C(O)c1cccc(C2=C(c3cc(Br)ccc3OCc3ccc(Cl)cc3)CCC2)c1. The van der Waals surface area contributed by atoms with Gasteiger partial charge in [0.25, 0.3) is 0 Å². The first-order valence-corrected chi connectivity index (χ1v) is 10.9. The molecule has 3 aromatic rings. The number of halogens is 2. The highest BCUT2D eigenvalue weighted by Gasteiger charge is 2.21. The van der Waals surface area contributed by atoms with Crippen molar-refractivity contribution in [3.63, 3.8) is 0 Å². The van der Waals surface area contributed by atoms with E-state index in [-0.39, 0.29) is 0 Å². The number of ether oxygens (including phenoxy) is 1. The van der Waals surface area contributed by atoms with E-state index in [0.29, 0.717) is 17.2 Å². The fraction of sp³-hybridized carbons (Fsp3) is 0.160. The molecule has 152 valence electrons. The zero-order valence-corrected chi connectivity index (χ0v) is 18.5. The van der Waals surface area contributed by atoms with Gasteiger partial charge >= 0.3 is 5.97 Å². The Labute approximate surface area is 189 Å². The van der Waals surface area contributed by atoms with Crippen molar-refractivity contribution in [2.45, 2.75) is 25.9 Å². The Bertz CT molecular complexity index is 1120. The van der Waals surface area contributed by atoms with Crippen LogP contribution < -0.4 is 4.74 Å². The lowest BCUT2D eigenvalue weighted by Crippen LogP contribution is -1.99. The topological polar surface area (TPSA) is 46.5 Å². The molecule has 0 amide bonds. The number of hydrogen-bond donors (Lipinski definition) is 1. The van der Waals surface area contributed by atoms with E-state index in [2.05, 4.69) is 22.0 Å². The summed E-state index contributed by atoms with van der Waals surface area (Å²) in [4.78, 5) is 11.4. The standard InChI is InChI=1S/C25H20BrClO3/c26-19-9-12-24(30-15-16-7-10-20(27)11-8-16)23(14-19)22-6-2-5-21(22)17-3-1-4-18(13-17)25(28)29/h1,3-4,7-14H,2,5-6,15H2,(H,28,29). The summed E-state index contributed by atoms with van der Waals surface area (Å²) in [5.41, 5.74) is 5.76.